The van der Waals surface area contributed by atoms with Crippen LogP contribution in [0.5, 0.6) is 0 Å². The van der Waals surface area contributed by atoms with Crippen LogP contribution in [0.1, 0.15) is 23.6 Å². The third-order valence-electron chi connectivity index (χ3n) is 4.82. The monoisotopic (exact) mass is 396 g/mol. The molecule has 1 aliphatic carbocycles. The number of carbonyl (C=O) groups excluding carboxylic acids is 1. The minimum absolute atomic E-state index is 0.00113. The van der Waals surface area contributed by atoms with E-state index in [4.69, 9.17) is 11.6 Å². The lowest BCUT2D eigenvalue weighted by molar-refractivity contribution is -0.384. The molecule has 2 aromatic carbocycles. The minimum atomic E-state index is -0.456. The van der Waals surface area contributed by atoms with Crippen molar-refractivity contribution in [1.82, 2.24) is 9.78 Å². The molecule has 1 heterocycles. The van der Waals surface area contributed by atoms with Crippen LogP contribution < -0.4 is 5.32 Å². The first-order valence-corrected chi connectivity index (χ1v) is 9.18. The Kier molecular flexibility index (Phi) is 4.60. The fourth-order valence-corrected chi connectivity index (χ4v) is 3.60. The van der Waals surface area contributed by atoms with Crippen molar-refractivity contribution in [2.24, 2.45) is 5.92 Å². The fourth-order valence-electron chi connectivity index (χ4n) is 3.32. The number of nitrogens with zero attached hydrogens (tertiary/aromatic N) is 3. The second-order valence-corrected chi connectivity index (χ2v) is 7.22. The average molecular weight is 397 g/mol. The van der Waals surface area contributed by atoms with Crippen molar-refractivity contribution < 1.29 is 9.72 Å². The predicted octanol–water partition coefficient (Wildman–Crippen LogP) is 4.48. The summed E-state index contributed by atoms with van der Waals surface area (Å²) in [7, 11) is 0. The summed E-state index contributed by atoms with van der Waals surface area (Å²) >= 11 is 6.24. The van der Waals surface area contributed by atoms with Gasteiger partial charge >= 0.3 is 0 Å². The van der Waals surface area contributed by atoms with Crippen LogP contribution in [0, 0.1) is 23.0 Å². The van der Waals surface area contributed by atoms with Crippen molar-refractivity contribution in [2.45, 2.75) is 19.3 Å². The number of non-ortho nitro benzene ring substituents is 1. The summed E-state index contributed by atoms with van der Waals surface area (Å²) in [6, 6.07) is 15.4. The van der Waals surface area contributed by atoms with E-state index in [0.717, 1.165) is 17.7 Å². The first-order valence-electron chi connectivity index (χ1n) is 8.81. The molecule has 0 spiro atoms. The smallest absolute Gasteiger partial charge is 0.269 e. The number of aryl methyl sites for hydroxylation is 1. The van der Waals surface area contributed by atoms with Crippen molar-refractivity contribution in [1.29, 1.82) is 0 Å². The first kappa shape index (κ1) is 18.2. The maximum absolute atomic E-state index is 12.7. The number of halogens is 1. The molecular formula is C20H17ClN4O3. The molecule has 0 aliphatic heterocycles. The van der Waals surface area contributed by atoms with Gasteiger partial charge in [0.25, 0.3) is 5.69 Å². The molecule has 1 aliphatic rings. The van der Waals surface area contributed by atoms with Crippen LogP contribution >= 0.6 is 11.6 Å². The average Bonchev–Trinajstić information content (AvgIpc) is 3.39. The number of carbonyl (C=O) groups is 1. The highest BCUT2D eigenvalue weighted by molar-refractivity contribution is 6.31. The van der Waals surface area contributed by atoms with Crippen LogP contribution in [0.25, 0.3) is 5.69 Å². The molecule has 1 fully saturated rings. The van der Waals surface area contributed by atoms with Crippen molar-refractivity contribution >= 4 is 29.0 Å². The number of anilines is 1. The molecule has 1 saturated carbocycles. The van der Waals surface area contributed by atoms with Gasteiger partial charge in [0.2, 0.25) is 5.91 Å². The molecule has 2 atom stereocenters. The third kappa shape index (κ3) is 3.48. The van der Waals surface area contributed by atoms with Crippen molar-refractivity contribution in [3.63, 3.8) is 0 Å². The molecule has 1 N–H and O–H groups in total. The molecule has 0 radical (unpaired) electrons. The lowest BCUT2D eigenvalue weighted by atomic mass is 10.1. The Morgan fingerprint density at radius 1 is 1.25 bits per heavy atom. The van der Waals surface area contributed by atoms with Gasteiger partial charge in [-0.15, -0.1) is 0 Å². The van der Waals surface area contributed by atoms with Gasteiger partial charge in [-0.05, 0) is 43.0 Å². The number of nitro benzene ring substituents is 1. The summed E-state index contributed by atoms with van der Waals surface area (Å²) in [5.41, 5.74) is 2.35. The summed E-state index contributed by atoms with van der Waals surface area (Å²) < 4.78 is 1.57. The lowest BCUT2D eigenvalue weighted by Crippen LogP contribution is -2.17. The van der Waals surface area contributed by atoms with Gasteiger partial charge in [0.15, 0.2) is 0 Å². The van der Waals surface area contributed by atoms with Crippen molar-refractivity contribution in [3.05, 3.63) is 81.0 Å². The Hall–Kier alpha value is -3.19. The summed E-state index contributed by atoms with van der Waals surface area (Å²) in [4.78, 5) is 23.1. The SMILES string of the molecule is Cc1cc(NC(=O)C2CC2c2ccccc2Cl)n(-c2ccc([N+](=O)[O-])cc2)n1. The number of nitrogens with one attached hydrogen (secondary N) is 1. The molecule has 7 nitrogen and oxygen atoms in total. The van der Waals surface area contributed by atoms with E-state index in [-0.39, 0.29) is 23.4 Å². The molecule has 1 aromatic heterocycles. The molecule has 142 valence electrons. The molecule has 28 heavy (non-hydrogen) atoms. The first-order chi connectivity index (χ1) is 13.4. The number of benzene rings is 2. The van der Waals surface area contributed by atoms with Gasteiger partial charge < -0.3 is 5.32 Å². The van der Waals surface area contributed by atoms with Crippen molar-refractivity contribution in [2.75, 3.05) is 5.32 Å². The van der Waals surface area contributed by atoms with Gasteiger partial charge in [0.05, 0.1) is 16.3 Å². The number of aromatic nitrogens is 2. The second kappa shape index (κ2) is 7.09. The predicted molar refractivity (Wildman–Crippen MR) is 106 cm³/mol. The largest absolute Gasteiger partial charge is 0.310 e. The van der Waals surface area contributed by atoms with Gasteiger partial charge in [-0.1, -0.05) is 29.8 Å². The second-order valence-electron chi connectivity index (χ2n) is 6.82. The van der Waals surface area contributed by atoms with Crippen LogP contribution in [-0.2, 0) is 4.79 Å². The van der Waals surface area contributed by atoms with E-state index >= 15 is 0 Å². The highest BCUT2D eigenvalue weighted by atomic mass is 35.5. The molecule has 3 aromatic rings. The van der Waals surface area contributed by atoms with Crippen LogP contribution in [0.2, 0.25) is 5.02 Å². The molecule has 1 amide bonds. The van der Waals surface area contributed by atoms with Crippen LogP contribution in [0.3, 0.4) is 0 Å². The maximum atomic E-state index is 12.7. The standard InChI is InChI=1S/C20H17ClN4O3/c1-12-10-19(24(23-12)13-6-8-14(9-7-13)25(27)28)22-20(26)17-11-16(17)15-4-2-3-5-18(15)21/h2-10,16-17H,11H2,1H3,(H,22,26). The van der Waals surface area contributed by atoms with Gasteiger partial charge in [0.1, 0.15) is 5.82 Å². The zero-order valence-corrected chi connectivity index (χ0v) is 15.8. The van der Waals surface area contributed by atoms with E-state index in [9.17, 15) is 14.9 Å². The lowest BCUT2D eigenvalue weighted by Gasteiger charge is -2.09. The topological polar surface area (TPSA) is 90.1 Å². The zero-order valence-electron chi connectivity index (χ0n) is 15.0. The maximum Gasteiger partial charge on any atom is 0.269 e. The minimum Gasteiger partial charge on any atom is -0.310 e. The molecule has 0 bridgehead atoms. The molecule has 4 rings (SSSR count). The number of hydrogen-bond acceptors (Lipinski definition) is 4. The quantitative estimate of drug-likeness (QED) is 0.508. The van der Waals surface area contributed by atoms with E-state index in [2.05, 4.69) is 10.4 Å². The Labute approximate surface area is 166 Å². The third-order valence-corrected chi connectivity index (χ3v) is 5.16. The normalized spacial score (nSPS) is 17.9. The summed E-state index contributed by atoms with van der Waals surface area (Å²) in [5, 5.41) is 18.8. The molecule has 0 saturated heterocycles. The Balaban J connectivity index is 1.52. The van der Waals surface area contributed by atoms with Crippen LogP contribution in [0.4, 0.5) is 11.5 Å². The molecule has 8 heteroatoms. The highest BCUT2D eigenvalue weighted by Crippen LogP contribution is 2.50. The van der Waals surface area contributed by atoms with Gasteiger partial charge in [0, 0.05) is 29.1 Å². The number of hydrogen-bond donors (Lipinski definition) is 1. The Morgan fingerprint density at radius 2 is 1.96 bits per heavy atom. The summed E-state index contributed by atoms with van der Waals surface area (Å²) in [6.45, 7) is 1.82. The van der Waals surface area contributed by atoms with E-state index in [1.807, 2.05) is 31.2 Å². The zero-order chi connectivity index (χ0) is 19.8. The number of nitro groups is 1. The van der Waals surface area contributed by atoms with Gasteiger partial charge in [-0.3, -0.25) is 14.9 Å². The fraction of sp³-hybridized carbons (Fsp3) is 0.200. The van der Waals surface area contributed by atoms with E-state index in [0.29, 0.717) is 16.5 Å². The highest BCUT2D eigenvalue weighted by Gasteiger charge is 2.45. The number of amides is 1. The van der Waals surface area contributed by atoms with Crippen LogP contribution in [-0.4, -0.2) is 20.6 Å². The van der Waals surface area contributed by atoms with E-state index < -0.39 is 4.92 Å². The molecular weight excluding hydrogens is 380 g/mol. The number of rotatable bonds is 5. The van der Waals surface area contributed by atoms with Gasteiger partial charge in [-0.2, -0.15) is 5.10 Å². The van der Waals surface area contributed by atoms with Crippen LogP contribution in [0.15, 0.2) is 54.6 Å². The van der Waals surface area contributed by atoms with E-state index in [1.165, 1.54) is 12.1 Å². The Bertz CT molecular complexity index is 1060. The van der Waals surface area contributed by atoms with Gasteiger partial charge in [-0.25, -0.2) is 4.68 Å². The van der Waals surface area contributed by atoms with Crippen molar-refractivity contribution in [3.8, 4) is 5.69 Å². The summed E-state index contributed by atoms with van der Waals surface area (Å²) in [6.07, 6.45) is 0.750. The molecule has 2 unspecified atom stereocenters. The Morgan fingerprint density at radius 3 is 2.64 bits per heavy atom. The van der Waals surface area contributed by atoms with E-state index in [1.54, 1.807) is 22.9 Å². The summed E-state index contributed by atoms with van der Waals surface area (Å²) in [5.74, 6) is 0.417.